The minimum atomic E-state index is 0.207. The Labute approximate surface area is 131 Å². The second-order valence-electron chi connectivity index (χ2n) is 7.00. The van der Waals surface area contributed by atoms with Gasteiger partial charge in [0.25, 0.3) is 0 Å². The van der Waals surface area contributed by atoms with Crippen molar-refractivity contribution >= 4 is 11.3 Å². The summed E-state index contributed by atoms with van der Waals surface area (Å²) in [4.78, 5) is 5.27. The Hall–Kier alpha value is -0.420. The first-order valence-corrected chi connectivity index (χ1v) is 9.39. The number of thiophene rings is 1. The van der Waals surface area contributed by atoms with Crippen molar-refractivity contribution < 1.29 is 4.74 Å². The summed E-state index contributed by atoms with van der Waals surface area (Å²) in [6, 6.07) is 2.96. The maximum atomic E-state index is 6.32. The molecule has 116 valence electrons. The lowest BCUT2D eigenvalue weighted by Gasteiger charge is -2.39. The van der Waals surface area contributed by atoms with E-state index >= 15 is 0 Å². The number of nitrogens with zero attached hydrogens (tertiary/aromatic N) is 2. The summed E-state index contributed by atoms with van der Waals surface area (Å²) < 4.78 is 6.32. The zero-order chi connectivity index (χ0) is 14.1. The molecule has 1 spiro atoms. The lowest BCUT2D eigenvalue weighted by molar-refractivity contribution is -0.0452. The summed E-state index contributed by atoms with van der Waals surface area (Å²) in [7, 11) is 0. The van der Waals surface area contributed by atoms with Gasteiger partial charge in [0.1, 0.15) is 0 Å². The van der Waals surface area contributed by atoms with Gasteiger partial charge in [0, 0.05) is 25.7 Å². The molecule has 0 bridgehead atoms. The molecule has 4 heterocycles. The van der Waals surface area contributed by atoms with Gasteiger partial charge in [-0.15, -0.1) is 0 Å². The smallest absolute Gasteiger partial charge is 0.0723 e. The Morgan fingerprint density at radius 1 is 1.19 bits per heavy atom. The van der Waals surface area contributed by atoms with Gasteiger partial charge in [0.2, 0.25) is 0 Å². The van der Waals surface area contributed by atoms with Crippen molar-refractivity contribution in [3.8, 4) is 0 Å². The summed E-state index contributed by atoms with van der Waals surface area (Å²) in [5.41, 5.74) is 1.68. The summed E-state index contributed by atoms with van der Waals surface area (Å²) in [6.07, 6.45) is 6.50. The Balaban J connectivity index is 1.30. The monoisotopic (exact) mass is 306 g/mol. The zero-order valence-corrected chi connectivity index (χ0v) is 13.6. The zero-order valence-electron chi connectivity index (χ0n) is 12.8. The quantitative estimate of drug-likeness (QED) is 0.854. The van der Waals surface area contributed by atoms with Gasteiger partial charge in [-0.05, 0) is 67.6 Å². The van der Waals surface area contributed by atoms with Crippen LogP contribution < -0.4 is 0 Å². The van der Waals surface area contributed by atoms with Gasteiger partial charge in [-0.3, -0.25) is 9.80 Å². The van der Waals surface area contributed by atoms with Crippen LogP contribution >= 0.6 is 11.3 Å². The first-order valence-electron chi connectivity index (χ1n) is 8.44. The van der Waals surface area contributed by atoms with Crippen molar-refractivity contribution in [1.82, 2.24) is 9.80 Å². The van der Waals surface area contributed by atoms with Crippen molar-refractivity contribution in [2.24, 2.45) is 0 Å². The van der Waals surface area contributed by atoms with Crippen LogP contribution in [0.3, 0.4) is 0 Å². The highest BCUT2D eigenvalue weighted by Gasteiger charge is 2.44. The fourth-order valence-corrected chi connectivity index (χ4v) is 4.93. The normalized spacial score (nSPS) is 30.4. The molecule has 4 heteroatoms. The van der Waals surface area contributed by atoms with Crippen LogP contribution in [0.15, 0.2) is 16.8 Å². The number of hydrogen-bond donors (Lipinski definition) is 0. The van der Waals surface area contributed by atoms with Crippen LogP contribution in [-0.2, 0) is 11.3 Å². The predicted molar refractivity (Wildman–Crippen MR) is 86.7 cm³/mol. The minimum Gasteiger partial charge on any atom is -0.373 e. The number of piperidine rings is 1. The summed E-state index contributed by atoms with van der Waals surface area (Å²) >= 11 is 1.80. The third-order valence-electron chi connectivity index (χ3n) is 5.60. The van der Waals surface area contributed by atoms with Crippen LogP contribution in [0.4, 0.5) is 0 Å². The molecule has 0 N–H and O–H groups in total. The molecule has 0 unspecified atom stereocenters. The molecule has 1 atom stereocenters. The molecule has 3 aliphatic rings. The van der Waals surface area contributed by atoms with E-state index in [2.05, 4.69) is 26.6 Å². The van der Waals surface area contributed by atoms with Gasteiger partial charge in [-0.1, -0.05) is 0 Å². The fourth-order valence-electron chi connectivity index (χ4n) is 4.27. The highest BCUT2D eigenvalue weighted by molar-refractivity contribution is 7.07. The molecular formula is C17H26N2OS. The van der Waals surface area contributed by atoms with E-state index in [4.69, 9.17) is 4.74 Å². The first-order chi connectivity index (χ1) is 10.3. The number of rotatable bonds is 3. The van der Waals surface area contributed by atoms with E-state index in [-0.39, 0.29) is 5.60 Å². The van der Waals surface area contributed by atoms with E-state index in [1.165, 1.54) is 63.8 Å². The van der Waals surface area contributed by atoms with Crippen molar-refractivity contribution in [3.63, 3.8) is 0 Å². The van der Waals surface area contributed by atoms with Gasteiger partial charge < -0.3 is 4.74 Å². The Kier molecular flexibility index (Phi) is 4.05. The van der Waals surface area contributed by atoms with Crippen molar-refractivity contribution in [2.75, 3.05) is 32.8 Å². The van der Waals surface area contributed by atoms with E-state index in [1.54, 1.807) is 11.3 Å². The maximum absolute atomic E-state index is 6.32. The van der Waals surface area contributed by atoms with E-state index in [9.17, 15) is 0 Å². The highest BCUT2D eigenvalue weighted by atomic mass is 32.1. The Morgan fingerprint density at radius 3 is 2.71 bits per heavy atom. The van der Waals surface area contributed by atoms with Crippen LogP contribution in [0.1, 0.15) is 37.7 Å². The van der Waals surface area contributed by atoms with Crippen LogP contribution in [-0.4, -0.2) is 54.2 Å². The van der Waals surface area contributed by atoms with Gasteiger partial charge in [-0.25, -0.2) is 0 Å². The van der Waals surface area contributed by atoms with Crippen LogP contribution in [0.2, 0.25) is 0 Å². The van der Waals surface area contributed by atoms with E-state index in [0.717, 1.165) is 13.2 Å². The molecule has 3 aliphatic heterocycles. The molecule has 0 aliphatic carbocycles. The average Bonchev–Trinajstić information content (AvgIpc) is 3.23. The minimum absolute atomic E-state index is 0.207. The predicted octanol–water partition coefficient (Wildman–Crippen LogP) is 2.97. The lowest BCUT2D eigenvalue weighted by atomic mass is 9.87. The van der Waals surface area contributed by atoms with Gasteiger partial charge in [0.05, 0.1) is 12.2 Å². The SMILES string of the molecule is c1cc(CN2CCC3(CC2)C[C@H](N2CCCC2)CO3)cs1. The van der Waals surface area contributed by atoms with Crippen molar-refractivity contribution in [1.29, 1.82) is 0 Å². The Morgan fingerprint density at radius 2 is 2.00 bits per heavy atom. The molecule has 3 saturated heterocycles. The molecular weight excluding hydrogens is 280 g/mol. The third-order valence-corrected chi connectivity index (χ3v) is 6.33. The van der Waals surface area contributed by atoms with E-state index in [1.807, 2.05) is 0 Å². The van der Waals surface area contributed by atoms with Crippen molar-refractivity contribution in [3.05, 3.63) is 22.4 Å². The molecule has 3 fully saturated rings. The molecule has 3 nitrogen and oxygen atoms in total. The third kappa shape index (κ3) is 3.04. The van der Waals surface area contributed by atoms with Crippen LogP contribution in [0.25, 0.3) is 0 Å². The molecule has 1 aromatic rings. The summed E-state index contributed by atoms with van der Waals surface area (Å²) in [5, 5.41) is 4.46. The maximum Gasteiger partial charge on any atom is 0.0723 e. The number of ether oxygens (including phenoxy) is 1. The fraction of sp³-hybridized carbons (Fsp3) is 0.765. The van der Waals surface area contributed by atoms with E-state index < -0.39 is 0 Å². The van der Waals surface area contributed by atoms with Gasteiger partial charge in [0.15, 0.2) is 0 Å². The summed E-state index contributed by atoms with van der Waals surface area (Å²) in [5.74, 6) is 0. The second-order valence-corrected chi connectivity index (χ2v) is 7.78. The molecule has 4 rings (SSSR count). The van der Waals surface area contributed by atoms with E-state index in [0.29, 0.717) is 6.04 Å². The lowest BCUT2D eigenvalue weighted by Crippen LogP contribution is -2.44. The topological polar surface area (TPSA) is 15.7 Å². The Bertz CT molecular complexity index is 447. The molecule has 21 heavy (non-hydrogen) atoms. The molecule has 0 saturated carbocycles. The standard InChI is InChI=1S/C17H26N2OS/c1-2-7-19(6-1)16-11-17(20-13-16)4-8-18(9-5-17)12-15-3-10-21-14-15/h3,10,14,16H,1-2,4-9,11-13H2/t16-/m0/s1. The van der Waals surface area contributed by atoms with Crippen LogP contribution in [0.5, 0.6) is 0 Å². The van der Waals surface area contributed by atoms with Crippen LogP contribution in [0, 0.1) is 0 Å². The second kappa shape index (κ2) is 5.99. The number of likely N-dealkylation sites (tertiary alicyclic amines) is 2. The van der Waals surface area contributed by atoms with Gasteiger partial charge >= 0.3 is 0 Å². The number of hydrogen-bond acceptors (Lipinski definition) is 4. The molecule has 1 aromatic heterocycles. The average molecular weight is 306 g/mol. The van der Waals surface area contributed by atoms with Gasteiger partial charge in [-0.2, -0.15) is 11.3 Å². The first kappa shape index (κ1) is 14.2. The summed E-state index contributed by atoms with van der Waals surface area (Å²) in [6.45, 7) is 7.09. The van der Waals surface area contributed by atoms with Crippen molar-refractivity contribution in [2.45, 2.75) is 50.3 Å². The molecule has 0 amide bonds. The molecule has 0 aromatic carbocycles. The highest BCUT2D eigenvalue weighted by Crippen LogP contribution is 2.38. The molecule has 0 radical (unpaired) electrons. The largest absolute Gasteiger partial charge is 0.373 e.